The molecule has 2 bridgehead atoms. The molecule has 4 rings (SSSR count). The van der Waals surface area contributed by atoms with E-state index in [1.165, 1.54) is 43.2 Å². The molecule has 2 N–H and O–H groups in total. The van der Waals surface area contributed by atoms with Crippen LogP contribution in [0.5, 0.6) is 0 Å². The van der Waals surface area contributed by atoms with E-state index < -0.39 is 0 Å². The van der Waals surface area contributed by atoms with Crippen molar-refractivity contribution >= 4 is 0 Å². The van der Waals surface area contributed by atoms with Crippen LogP contribution in [0.15, 0.2) is 24.3 Å². The average molecular weight is 284 g/mol. The van der Waals surface area contributed by atoms with Crippen LogP contribution < -0.4 is 10.6 Å². The van der Waals surface area contributed by atoms with Crippen LogP contribution in [0.3, 0.4) is 0 Å². The zero-order chi connectivity index (χ0) is 14.2. The zero-order valence-corrected chi connectivity index (χ0v) is 13.1. The molecule has 2 aliphatic carbocycles. The van der Waals surface area contributed by atoms with Crippen LogP contribution in [-0.2, 0) is 6.54 Å². The minimum Gasteiger partial charge on any atom is -0.313 e. The summed E-state index contributed by atoms with van der Waals surface area (Å²) in [4.78, 5) is 0. The Morgan fingerprint density at radius 2 is 2.05 bits per heavy atom. The summed E-state index contributed by atoms with van der Waals surface area (Å²) >= 11 is 0. The fourth-order valence-corrected chi connectivity index (χ4v) is 5.18. The summed E-state index contributed by atoms with van der Waals surface area (Å²) in [6.45, 7) is 4.58. The third-order valence-corrected chi connectivity index (χ3v) is 6.25. The highest BCUT2D eigenvalue weighted by molar-refractivity contribution is 5.31. The summed E-state index contributed by atoms with van der Waals surface area (Å²) in [5.41, 5.74) is 3.00. The van der Waals surface area contributed by atoms with E-state index in [4.69, 9.17) is 0 Å². The van der Waals surface area contributed by atoms with Crippen molar-refractivity contribution in [2.75, 3.05) is 6.54 Å². The molecule has 2 heteroatoms. The van der Waals surface area contributed by atoms with Gasteiger partial charge in [-0.2, -0.15) is 0 Å². The molecule has 2 saturated carbocycles. The van der Waals surface area contributed by atoms with E-state index in [1.54, 1.807) is 0 Å². The first-order valence-electron chi connectivity index (χ1n) is 8.86. The van der Waals surface area contributed by atoms with Crippen molar-refractivity contribution in [3.8, 4) is 0 Å². The molecule has 5 atom stereocenters. The molecule has 0 radical (unpaired) electrons. The van der Waals surface area contributed by atoms with Gasteiger partial charge in [-0.05, 0) is 68.0 Å². The smallest absolute Gasteiger partial charge is 0.0337 e. The highest BCUT2D eigenvalue weighted by Crippen LogP contribution is 2.49. The van der Waals surface area contributed by atoms with Gasteiger partial charge >= 0.3 is 0 Å². The fraction of sp³-hybridized carbons (Fsp3) is 0.684. The molecule has 2 nitrogen and oxygen atoms in total. The number of rotatable bonds is 3. The van der Waals surface area contributed by atoms with Crippen LogP contribution >= 0.6 is 0 Å². The first-order valence-corrected chi connectivity index (χ1v) is 8.86. The molecule has 114 valence electrons. The zero-order valence-electron chi connectivity index (χ0n) is 13.1. The third-order valence-electron chi connectivity index (χ3n) is 6.25. The molecule has 1 aromatic rings. The summed E-state index contributed by atoms with van der Waals surface area (Å²) in [5, 5.41) is 7.57. The summed E-state index contributed by atoms with van der Waals surface area (Å²) < 4.78 is 0. The van der Waals surface area contributed by atoms with E-state index in [1.807, 2.05) is 0 Å². The molecule has 0 aromatic heterocycles. The van der Waals surface area contributed by atoms with Gasteiger partial charge in [-0.15, -0.1) is 0 Å². The van der Waals surface area contributed by atoms with Gasteiger partial charge in [0.15, 0.2) is 0 Å². The monoisotopic (exact) mass is 284 g/mol. The quantitative estimate of drug-likeness (QED) is 0.885. The maximum absolute atomic E-state index is 4.00. The summed E-state index contributed by atoms with van der Waals surface area (Å²) in [7, 11) is 0. The van der Waals surface area contributed by atoms with Gasteiger partial charge in [-0.1, -0.05) is 30.7 Å². The van der Waals surface area contributed by atoms with Crippen LogP contribution in [0.2, 0.25) is 0 Å². The molecular weight excluding hydrogens is 256 g/mol. The van der Waals surface area contributed by atoms with Gasteiger partial charge in [0, 0.05) is 18.6 Å². The lowest BCUT2D eigenvalue weighted by atomic mass is 9.83. The SMILES string of the molecule is CC(NC1CCNCc2ccccc21)C1CC2CCC1C2. The molecule has 0 amide bonds. The minimum absolute atomic E-state index is 0.533. The molecule has 1 aromatic carbocycles. The minimum atomic E-state index is 0.533. The standard InChI is InChI=1S/C19H28N2/c1-13(18-11-14-6-7-15(18)10-14)21-19-8-9-20-12-16-4-2-3-5-17(16)19/h2-5,13-15,18-21H,6-12H2,1H3. The second-order valence-corrected chi connectivity index (χ2v) is 7.51. The number of hydrogen-bond acceptors (Lipinski definition) is 2. The Morgan fingerprint density at radius 3 is 2.86 bits per heavy atom. The Labute approximate surface area is 128 Å². The van der Waals surface area contributed by atoms with E-state index in [0.717, 1.165) is 30.8 Å². The van der Waals surface area contributed by atoms with E-state index in [9.17, 15) is 0 Å². The van der Waals surface area contributed by atoms with E-state index in [0.29, 0.717) is 12.1 Å². The normalized spacial score (nSPS) is 36.2. The van der Waals surface area contributed by atoms with Crippen LogP contribution in [0.4, 0.5) is 0 Å². The number of fused-ring (bicyclic) bond motifs is 3. The third kappa shape index (κ3) is 2.64. The van der Waals surface area contributed by atoms with Crippen LogP contribution in [-0.4, -0.2) is 12.6 Å². The van der Waals surface area contributed by atoms with Gasteiger partial charge in [0.25, 0.3) is 0 Å². The highest BCUT2D eigenvalue weighted by atomic mass is 15.0. The lowest BCUT2D eigenvalue weighted by Gasteiger charge is -2.32. The van der Waals surface area contributed by atoms with Crippen LogP contribution in [0, 0.1) is 17.8 Å². The van der Waals surface area contributed by atoms with Crippen molar-refractivity contribution in [2.24, 2.45) is 17.8 Å². The Balaban J connectivity index is 1.49. The molecule has 5 unspecified atom stereocenters. The van der Waals surface area contributed by atoms with Gasteiger partial charge < -0.3 is 10.6 Å². The average Bonchev–Trinajstić information content (AvgIpc) is 3.08. The van der Waals surface area contributed by atoms with Crippen molar-refractivity contribution in [1.29, 1.82) is 0 Å². The second-order valence-electron chi connectivity index (χ2n) is 7.51. The predicted octanol–water partition coefficient (Wildman–Crippen LogP) is 3.64. The molecule has 3 aliphatic rings. The van der Waals surface area contributed by atoms with Gasteiger partial charge in [0.05, 0.1) is 0 Å². The Kier molecular flexibility index (Phi) is 3.76. The summed E-state index contributed by atoms with van der Waals surface area (Å²) in [6, 6.07) is 10.2. The maximum atomic E-state index is 4.00. The van der Waals surface area contributed by atoms with Crippen LogP contribution in [0.1, 0.15) is 56.2 Å². The van der Waals surface area contributed by atoms with Gasteiger partial charge in [-0.3, -0.25) is 0 Å². The predicted molar refractivity (Wildman–Crippen MR) is 87.0 cm³/mol. The summed E-state index contributed by atoms with van der Waals surface area (Å²) in [6.07, 6.45) is 7.20. The molecule has 0 spiro atoms. The molecule has 2 fully saturated rings. The summed E-state index contributed by atoms with van der Waals surface area (Å²) in [5.74, 6) is 2.98. The van der Waals surface area contributed by atoms with E-state index in [2.05, 4.69) is 41.8 Å². The topological polar surface area (TPSA) is 24.1 Å². The molecule has 0 saturated heterocycles. The van der Waals surface area contributed by atoms with Crippen molar-refractivity contribution in [1.82, 2.24) is 10.6 Å². The largest absolute Gasteiger partial charge is 0.313 e. The first-order chi connectivity index (χ1) is 10.3. The Hall–Kier alpha value is -0.860. The maximum Gasteiger partial charge on any atom is 0.0337 e. The first kappa shape index (κ1) is 13.8. The number of nitrogens with one attached hydrogen (secondary N) is 2. The molecule has 1 heterocycles. The van der Waals surface area contributed by atoms with Crippen molar-refractivity contribution in [3.05, 3.63) is 35.4 Å². The van der Waals surface area contributed by atoms with Crippen molar-refractivity contribution in [3.63, 3.8) is 0 Å². The number of benzene rings is 1. The molecule has 1 aliphatic heterocycles. The van der Waals surface area contributed by atoms with Crippen LogP contribution in [0.25, 0.3) is 0 Å². The number of hydrogen-bond donors (Lipinski definition) is 2. The second kappa shape index (κ2) is 5.73. The van der Waals surface area contributed by atoms with Gasteiger partial charge in [0.1, 0.15) is 0 Å². The van der Waals surface area contributed by atoms with Crippen molar-refractivity contribution in [2.45, 2.75) is 57.7 Å². The Morgan fingerprint density at radius 1 is 1.14 bits per heavy atom. The van der Waals surface area contributed by atoms with Crippen molar-refractivity contribution < 1.29 is 0 Å². The fourth-order valence-electron chi connectivity index (χ4n) is 5.18. The van der Waals surface area contributed by atoms with Gasteiger partial charge in [0.2, 0.25) is 0 Å². The molecular formula is C19H28N2. The lowest BCUT2D eigenvalue weighted by Crippen LogP contribution is -2.39. The van der Waals surface area contributed by atoms with E-state index in [-0.39, 0.29) is 0 Å². The van der Waals surface area contributed by atoms with E-state index >= 15 is 0 Å². The highest BCUT2D eigenvalue weighted by Gasteiger charge is 2.42. The van der Waals surface area contributed by atoms with Gasteiger partial charge in [-0.25, -0.2) is 0 Å². The lowest BCUT2D eigenvalue weighted by molar-refractivity contribution is 0.242. The molecule has 21 heavy (non-hydrogen) atoms. The Bertz CT molecular complexity index is 498.